The van der Waals surface area contributed by atoms with E-state index in [-0.39, 0.29) is 26.2 Å². The Morgan fingerprint density at radius 1 is 1.05 bits per heavy atom. The summed E-state index contributed by atoms with van der Waals surface area (Å²) in [5.74, 6) is 1.99. The number of ether oxygens (including phenoxy) is 2. The molecule has 196 valence electrons. The largest absolute Gasteiger partial charge is 0.493 e. The molecule has 0 aliphatic heterocycles. The Morgan fingerprint density at radius 2 is 1.68 bits per heavy atom. The molecule has 4 aliphatic rings. The number of alkyl halides is 3. The molecule has 4 fully saturated rings. The van der Waals surface area contributed by atoms with Crippen LogP contribution in [0.2, 0.25) is 0 Å². The van der Waals surface area contributed by atoms with Crippen molar-refractivity contribution >= 4 is 38.8 Å². The number of nitrogens with zero attached hydrogens (tertiary/aromatic N) is 1. The number of rotatable bonds is 5. The first-order valence-corrected chi connectivity index (χ1v) is 13.3. The maximum Gasteiger partial charge on any atom is 0.417 e. The number of aromatic nitrogens is 1. The van der Waals surface area contributed by atoms with Crippen LogP contribution >= 0.6 is 11.3 Å². The molecule has 0 radical (unpaired) electrons. The number of nitrogens with two attached hydrogens (primary N) is 1. The van der Waals surface area contributed by atoms with Crippen LogP contribution in [0.1, 0.15) is 59.5 Å². The minimum atomic E-state index is -4.62. The van der Waals surface area contributed by atoms with Gasteiger partial charge >= 0.3 is 6.18 Å². The van der Waals surface area contributed by atoms with Crippen molar-refractivity contribution in [2.24, 2.45) is 17.8 Å². The summed E-state index contributed by atoms with van der Waals surface area (Å²) in [6, 6.07) is 6.04. The highest BCUT2D eigenvalue weighted by Crippen LogP contribution is 2.61. The second-order valence-corrected chi connectivity index (χ2v) is 11.8. The number of thiophene rings is 1. The van der Waals surface area contributed by atoms with Crippen LogP contribution in [0.25, 0.3) is 10.2 Å². The van der Waals surface area contributed by atoms with E-state index < -0.39 is 17.6 Å². The predicted octanol–water partition coefficient (Wildman–Crippen LogP) is 6.63. The molecule has 7 rings (SSSR count). The van der Waals surface area contributed by atoms with Crippen LogP contribution < -0.4 is 20.5 Å². The van der Waals surface area contributed by atoms with E-state index in [0.717, 1.165) is 30.6 Å². The maximum absolute atomic E-state index is 14.4. The van der Waals surface area contributed by atoms with Gasteiger partial charge in [0.2, 0.25) is 0 Å². The molecule has 6 nitrogen and oxygen atoms in total. The number of hydrogen-bond donors (Lipinski definition) is 2. The van der Waals surface area contributed by atoms with Crippen molar-refractivity contribution in [3.63, 3.8) is 0 Å². The number of halogens is 3. The monoisotopic (exact) mass is 531 g/mol. The summed E-state index contributed by atoms with van der Waals surface area (Å²) in [4.78, 5) is 18.1. The highest BCUT2D eigenvalue weighted by molar-refractivity contribution is 7.21. The van der Waals surface area contributed by atoms with E-state index >= 15 is 0 Å². The molecule has 3 aromatic rings. The molecule has 1 amide bonds. The van der Waals surface area contributed by atoms with Crippen molar-refractivity contribution in [1.29, 1.82) is 0 Å². The van der Waals surface area contributed by atoms with Gasteiger partial charge in [0.25, 0.3) is 5.91 Å². The third-order valence-corrected chi connectivity index (χ3v) is 9.53. The van der Waals surface area contributed by atoms with E-state index in [2.05, 4.69) is 5.32 Å². The van der Waals surface area contributed by atoms with E-state index in [1.807, 2.05) is 0 Å². The molecule has 4 aliphatic carbocycles. The number of hydrogen-bond acceptors (Lipinski definition) is 6. The molecule has 0 spiro atoms. The van der Waals surface area contributed by atoms with Crippen LogP contribution in [0.5, 0.6) is 11.5 Å². The zero-order valence-corrected chi connectivity index (χ0v) is 21.4. The molecule has 4 bridgehead atoms. The third kappa shape index (κ3) is 4.00. The Bertz CT molecular complexity index is 1370. The summed E-state index contributed by atoms with van der Waals surface area (Å²) >= 11 is 0.913. The number of methoxy groups -OCH3 is 2. The van der Waals surface area contributed by atoms with Crippen molar-refractivity contribution < 1.29 is 27.4 Å². The lowest BCUT2D eigenvalue weighted by Gasteiger charge is -2.56. The molecule has 1 aromatic carbocycles. The molecule has 2 heterocycles. The molecule has 3 N–H and O–H groups in total. The Labute approximate surface area is 216 Å². The van der Waals surface area contributed by atoms with Gasteiger partial charge in [-0.2, -0.15) is 13.2 Å². The molecular formula is C27H28F3N3O3S. The number of carbonyl (C=O) groups is 1. The van der Waals surface area contributed by atoms with Crippen LogP contribution in [-0.4, -0.2) is 25.1 Å². The van der Waals surface area contributed by atoms with Gasteiger partial charge in [-0.1, -0.05) is 0 Å². The first kappa shape index (κ1) is 24.3. The van der Waals surface area contributed by atoms with Gasteiger partial charge in [-0.15, -0.1) is 11.3 Å². The molecule has 37 heavy (non-hydrogen) atoms. The Balaban J connectivity index is 1.41. The van der Waals surface area contributed by atoms with Crippen molar-refractivity contribution in [2.75, 3.05) is 25.3 Å². The highest BCUT2D eigenvalue weighted by Gasteiger charge is 2.53. The molecule has 0 atom stereocenters. The van der Waals surface area contributed by atoms with Gasteiger partial charge in [0.05, 0.1) is 25.5 Å². The van der Waals surface area contributed by atoms with E-state index in [9.17, 15) is 18.0 Å². The topological polar surface area (TPSA) is 86.5 Å². The van der Waals surface area contributed by atoms with Crippen molar-refractivity contribution in [3.8, 4) is 11.5 Å². The third-order valence-electron chi connectivity index (χ3n) is 8.43. The van der Waals surface area contributed by atoms with Gasteiger partial charge in [0.1, 0.15) is 9.71 Å². The average molecular weight is 532 g/mol. The van der Waals surface area contributed by atoms with Crippen LogP contribution in [0.15, 0.2) is 24.3 Å². The van der Waals surface area contributed by atoms with Crippen LogP contribution in [0.3, 0.4) is 0 Å². The Hall–Kier alpha value is -3.01. The van der Waals surface area contributed by atoms with Gasteiger partial charge in [-0.3, -0.25) is 4.79 Å². The second kappa shape index (κ2) is 8.51. The highest BCUT2D eigenvalue weighted by atomic mass is 32.1. The summed E-state index contributed by atoms with van der Waals surface area (Å²) in [6.45, 7) is 0. The van der Waals surface area contributed by atoms with E-state index in [1.165, 1.54) is 39.5 Å². The fraction of sp³-hybridized carbons (Fsp3) is 0.481. The number of pyridine rings is 1. The summed E-state index contributed by atoms with van der Waals surface area (Å²) in [7, 11) is 2.97. The lowest BCUT2D eigenvalue weighted by Crippen LogP contribution is -2.49. The van der Waals surface area contributed by atoms with E-state index in [1.54, 1.807) is 18.2 Å². The van der Waals surface area contributed by atoms with Crippen LogP contribution in [0, 0.1) is 17.8 Å². The van der Waals surface area contributed by atoms with Crippen molar-refractivity contribution in [2.45, 2.75) is 50.1 Å². The number of benzene rings is 1. The Kier molecular flexibility index (Phi) is 5.60. The summed E-state index contributed by atoms with van der Waals surface area (Å²) < 4.78 is 53.6. The molecule has 0 saturated heterocycles. The number of nitrogens with one attached hydrogen (secondary N) is 1. The van der Waals surface area contributed by atoms with Gasteiger partial charge in [0, 0.05) is 28.2 Å². The molecule has 4 saturated carbocycles. The zero-order chi connectivity index (χ0) is 26.1. The van der Waals surface area contributed by atoms with Crippen LogP contribution in [0.4, 0.5) is 24.5 Å². The second-order valence-electron chi connectivity index (χ2n) is 10.8. The summed E-state index contributed by atoms with van der Waals surface area (Å²) in [5.41, 5.74) is 5.81. The number of fused-ring (bicyclic) bond motifs is 1. The standard InChI is InChI=1S/C27H28F3N3O3S/c1-35-18-4-3-16(8-19(18)36-2)32-24(34)23-22(31)21-17(27(28,29)30)9-20(33-25(21)37-23)26-10-13-5-14(11-26)7-15(6-13)12-26/h3-4,8-9,13-15H,5-7,10-12,31H2,1-2H3,(H,32,34). The first-order valence-electron chi connectivity index (χ1n) is 12.4. The SMILES string of the molecule is COc1ccc(NC(=O)c2sc3nc(C45CC6CC(CC(C6)C4)C5)cc(C(F)(F)F)c3c2N)cc1OC. The maximum atomic E-state index is 14.4. The number of anilines is 2. The van der Waals surface area contributed by atoms with E-state index in [0.29, 0.717) is 40.6 Å². The molecular weight excluding hydrogens is 503 g/mol. The van der Waals surface area contributed by atoms with E-state index in [4.69, 9.17) is 20.2 Å². The number of carbonyl (C=O) groups excluding carboxylic acids is 1. The minimum absolute atomic E-state index is 0.00504. The zero-order valence-electron chi connectivity index (χ0n) is 20.6. The smallest absolute Gasteiger partial charge is 0.417 e. The molecule has 0 unspecified atom stereocenters. The molecule has 2 aromatic heterocycles. The lowest BCUT2D eigenvalue weighted by atomic mass is 9.48. The van der Waals surface area contributed by atoms with Crippen molar-refractivity contribution in [3.05, 3.63) is 40.4 Å². The summed E-state index contributed by atoms with van der Waals surface area (Å²) in [5, 5.41) is 2.52. The van der Waals surface area contributed by atoms with Gasteiger partial charge in [-0.25, -0.2) is 4.98 Å². The number of amides is 1. The average Bonchev–Trinajstić information content (AvgIpc) is 3.18. The van der Waals surface area contributed by atoms with Crippen molar-refractivity contribution in [1.82, 2.24) is 4.98 Å². The quantitative estimate of drug-likeness (QED) is 0.386. The summed E-state index contributed by atoms with van der Waals surface area (Å²) in [6.07, 6.45) is 1.59. The fourth-order valence-corrected chi connectivity index (χ4v) is 8.33. The lowest BCUT2D eigenvalue weighted by molar-refractivity contribution is -0.136. The normalized spacial score (nSPS) is 26.5. The fourth-order valence-electron chi connectivity index (χ4n) is 7.31. The van der Waals surface area contributed by atoms with Gasteiger partial charge < -0.3 is 20.5 Å². The predicted molar refractivity (Wildman–Crippen MR) is 136 cm³/mol. The minimum Gasteiger partial charge on any atom is -0.493 e. The van der Waals surface area contributed by atoms with Crippen LogP contribution in [-0.2, 0) is 11.6 Å². The molecule has 10 heteroatoms. The number of nitrogen functional groups attached to an aromatic ring is 1. The van der Waals surface area contributed by atoms with Gasteiger partial charge in [0.15, 0.2) is 11.5 Å². The first-order chi connectivity index (χ1) is 17.6. The Morgan fingerprint density at radius 3 is 2.24 bits per heavy atom. The van der Waals surface area contributed by atoms with Gasteiger partial charge in [-0.05, 0) is 74.5 Å².